The highest BCUT2D eigenvalue weighted by Crippen LogP contribution is 2.27. The van der Waals surface area contributed by atoms with Gasteiger partial charge in [0.25, 0.3) is 0 Å². The van der Waals surface area contributed by atoms with Gasteiger partial charge < -0.3 is 14.8 Å². The molecule has 0 fully saturated rings. The molecule has 0 spiro atoms. The third kappa shape index (κ3) is 6.02. The molecule has 26 heavy (non-hydrogen) atoms. The molecule has 144 valence electrons. The van der Waals surface area contributed by atoms with E-state index in [1.807, 2.05) is 12.1 Å². The van der Waals surface area contributed by atoms with Crippen molar-refractivity contribution in [2.75, 3.05) is 32.1 Å². The molecule has 0 unspecified atom stereocenters. The number of nitrogens with one attached hydrogen (secondary N) is 1. The second-order valence-corrected chi connectivity index (χ2v) is 7.59. The summed E-state index contributed by atoms with van der Waals surface area (Å²) >= 11 is 0. The smallest absolute Gasteiger partial charge is 0.410 e. The monoisotopic (exact) mass is 362 g/mol. The van der Waals surface area contributed by atoms with Crippen molar-refractivity contribution in [2.24, 2.45) is 0 Å². The summed E-state index contributed by atoms with van der Waals surface area (Å²) < 4.78 is 10.4. The van der Waals surface area contributed by atoms with Crippen molar-refractivity contribution < 1.29 is 19.1 Å². The molecule has 0 atom stereocenters. The fraction of sp³-hybridized carbons (Fsp3) is 0.600. The van der Waals surface area contributed by atoms with E-state index in [2.05, 4.69) is 11.4 Å². The predicted octanol–water partition coefficient (Wildman–Crippen LogP) is 3.39. The van der Waals surface area contributed by atoms with Crippen LogP contribution in [0.2, 0.25) is 0 Å². The average molecular weight is 362 g/mol. The van der Waals surface area contributed by atoms with Crippen LogP contribution in [0.1, 0.15) is 44.7 Å². The van der Waals surface area contributed by atoms with Crippen LogP contribution >= 0.6 is 0 Å². The molecule has 1 aliphatic carbocycles. The summed E-state index contributed by atoms with van der Waals surface area (Å²) in [6, 6.07) is 6.01. The quantitative estimate of drug-likeness (QED) is 0.842. The van der Waals surface area contributed by atoms with Crippen LogP contribution in [0, 0.1) is 0 Å². The highest BCUT2D eigenvalue weighted by Gasteiger charge is 2.24. The first-order valence-corrected chi connectivity index (χ1v) is 9.17. The van der Waals surface area contributed by atoms with Crippen molar-refractivity contribution in [1.29, 1.82) is 0 Å². The largest absolute Gasteiger partial charge is 0.444 e. The number of carbonyl (C=O) groups excluding carboxylic acids is 2. The van der Waals surface area contributed by atoms with Crippen LogP contribution in [0.4, 0.5) is 10.5 Å². The Hall–Kier alpha value is -2.08. The molecule has 1 N–H and O–H groups in total. The van der Waals surface area contributed by atoms with Crippen LogP contribution < -0.4 is 5.32 Å². The van der Waals surface area contributed by atoms with Crippen LogP contribution in [0.5, 0.6) is 0 Å². The number of hydrogen-bond donors (Lipinski definition) is 1. The minimum Gasteiger partial charge on any atom is -0.444 e. The molecule has 0 saturated heterocycles. The number of hydrogen-bond acceptors (Lipinski definition) is 4. The molecule has 2 rings (SSSR count). The summed E-state index contributed by atoms with van der Waals surface area (Å²) in [4.78, 5) is 26.3. The van der Waals surface area contributed by atoms with E-state index in [1.165, 1.54) is 22.4 Å². The van der Waals surface area contributed by atoms with Gasteiger partial charge in [-0.3, -0.25) is 9.69 Å². The van der Waals surface area contributed by atoms with E-state index in [4.69, 9.17) is 9.47 Å². The van der Waals surface area contributed by atoms with E-state index in [0.717, 1.165) is 24.9 Å². The molecule has 1 aromatic carbocycles. The van der Waals surface area contributed by atoms with Gasteiger partial charge in [-0.05, 0) is 63.6 Å². The van der Waals surface area contributed by atoms with Gasteiger partial charge in [0.05, 0.1) is 6.61 Å². The summed E-state index contributed by atoms with van der Waals surface area (Å²) in [6.45, 7) is 5.97. The fourth-order valence-corrected chi connectivity index (χ4v) is 3.02. The lowest BCUT2D eigenvalue weighted by Crippen LogP contribution is -2.43. The Labute approximate surface area is 155 Å². The highest BCUT2D eigenvalue weighted by molar-refractivity contribution is 5.94. The van der Waals surface area contributed by atoms with Crippen LogP contribution in [0.3, 0.4) is 0 Å². The molecule has 1 aliphatic rings. The van der Waals surface area contributed by atoms with Gasteiger partial charge in [0.1, 0.15) is 12.1 Å². The van der Waals surface area contributed by atoms with E-state index in [9.17, 15) is 9.59 Å². The molecule has 0 saturated carbocycles. The van der Waals surface area contributed by atoms with Crippen molar-refractivity contribution in [3.63, 3.8) is 0 Å². The number of aryl methyl sites for hydroxylation is 1. The number of nitrogens with zero attached hydrogens (tertiary/aromatic N) is 1. The molecule has 2 amide bonds. The van der Waals surface area contributed by atoms with Crippen LogP contribution in [0.25, 0.3) is 0 Å². The highest BCUT2D eigenvalue weighted by atomic mass is 16.6. The van der Waals surface area contributed by atoms with Crippen molar-refractivity contribution in [3.8, 4) is 0 Å². The van der Waals surface area contributed by atoms with Gasteiger partial charge in [-0.2, -0.15) is 0 Å². The molecule has 1 aromatic rings. The van der Waals surface area contributed by atoms with E-state index in [0.29, 0.717) is 13.2 Å². The Bertz CT molecular complexity index is 637. The lowest BCUT2D eigenvalue weighted by atomic mass is 9.90. The minimum atomic E-state index is -0.614. The topological polar surface area (TPSA) is 67.9 Å². The van der Waals surface area contributed by atoms with Gasteiger partial charge in [-0.15, -0.1) is 0 Å². The maximum Gasteiger partial charge on any atom is 0.410 e. The SMILES string of the molecule is COCCN(CC(=O)Nc1cccc2c1CCCC2)C(=O)OC(C)(C)C. The van der Waals surface area contributed by atoms with Crippen molar-refractivity contribution >= 4 is 17.7 Å². The predicted molar refractivity (Wildman–Crippen MR) is 101 cm³/mol. The summed E-state index contributed by atoms with van der Waals surface area (Å²) in [5, 5.41) is 2.97. The second kappa shape index (κ2) is 9.03. The number of fused-ring (bicyclic) bond motifs is 1. The van der Waals surface area contributed by atoms with E-state index in [1.54, 1.807) is 27.9 Å². The molecule has 0 radical (unpaired) electrons. The zero-order chi connectivity index (χ0) is 19.2. The summed E-state index contributed by atoms with van der Waals surface area (Å²) in [6.07, 6.45) is 3.84. The maximum atomic E-state index is 12.5. The molecule has 6 nitrogen and oxygen atoms in total. The second-order valence-electron chi connectivity index (χ2n) is 7.59. The molecule has 0 aromatic heterocycles. The Kier molecular flexibility index (Phi) is 7.03. The lowest BCUT2D eigenvalue weighted by molar-refractivity contribution is -0.117. The zero-order valence-corrected chi connectivity index (χ0v) is 16.3. The Balaban J connectivity index is 2.04. The normalized spacial score (nSPS) is 13.7. The van der Waals surface area contributed by atoms with Crippen molar-refractivity contribution in [3.05, 3.63) is 29.3 Å². The number of amides is 2. The minimum absolute atomic E-state index is 0.0675. The Morgan fingerprint density at radius 2 is 1.92 bits per heavy atom. The number of benzene rings is 1. The van der Waals surface area contributed by atoms with Crippen LogP contribution in [-0.2, 0) is 27.1 Å². The zero-order valence-electron chi connectivity index (χ0n) is 16.3. The van der Waals surface area contributed by atoms with Gasteiger partial charge in [0, 0.05) is 19.3 Å². The summed E-state index contributed by atoms with van der Waals surface area (Å²) in [5.74, 6) is -0.231. The average Bonchev–Trinajstić information content (AvgIpc) is 2.57. The first-order chi connectivity index (χ1) is 12.3. The number of rotatable bonds is 6. The van der Waals surface area contributed by atoms with Crippen LogP contribution in [-0.4, -0.2) is 49.3 Å². The summed E-state index contributed by atoms with van der Waals surface area (Å²) in [5.41, 5.74) is 2.76. The van der Waals surface area contributed by atoms with E-state index in [-0.39, 0.29) is 12.5 Å². The van der Waals surface area contributed by atoms with E-state index < -0.39 is 11.7 Å². The Morgan fingerprint density at radius 3 is 2.62 bits per heavy atom. The Morgan fingerprint density at radius 1 is 1.19 bits per heavy atom. The first-order valence-electron chi connectivity index (χ1n) is 9.17. The molecule has 0 aliphatic heterocycles. The maximum absolute atomic E-state index is 12.5. The molecular formula is C20H30N2O4. The standard InChI is InChI=1S/C20H30N2O4/c1-20(2,3)26-19(24)22(12-13-25-4)14-18(23)21-17-11-7-9-15-8-5-6-10-16(15)17/h7,9,11H,5-6,8,10,12-14H2,1-4H3,(H,21,23). The van der Waals surface area contributed by atoms with E-state index >= 15 is 0 Å². The molecular weight excluding hydrogens is 332 g/mol. The summed E-state index contributed by atoms with van der Waals surface area (Å²) in [7, 11) is 1.56. The van der Waals surface area contributed by atoms with Gasteiger partial charge >= 0.3 is 6.09 Å². The van der Waals surface area contributed by atoms with Gasteiger partial charge in [-0.25, -0.2) is 4.79 Å². The molecule has 0 heterocycles. The van der Waals surface area contributed by atoms with Crippen molar-refractivity contribution in [1.82, 2.24) is 4.90 Å². The van der Waals surface area contributed by atoms with Gasteiger partial charge in [0.2, 0.25) is 5.91 Å². The number of ether oxygens (including phenoxy) is 2. The first kappa shape index (κ1) is 20.2. The molecule has 0 bridgehead atoms. The van der Waals surface area contributed by atoms with Gasteiger partial charge in [-0.1, -0.05) is 12.1 Å². The lowest BCUT2D eigenvalue weighted by Gasteiger charge is -2.27. The number of methoxy groups -OCH3 is 1. The number of anilines is 1. The van der Waals surface area contributed by atoms with Crippen molar-refractivity contribution in [2.45, 2.75) is 52.1 Å². The number of carbonyl (C=O) groups is 2. The third-order valence-corrected chi connectivity index (χ3v) is 4.22. The fourth-order valence-electron chi connectivity index (χ4n) is 3.02. The van der Waals surface area contributed by atoms with Gasteiger partial charge in [0.15, 0.2) is 0 Å². The van der Waals surface area contributed by atoms with Crippen LogP contribution in [0.15, 0.2) is 18.2 Å². The molecule has 6 heteroatoms. The third-order valence-electron chi connectivity index (χ3n) is 4.22.